The number of nitrogens with zero attached hydrogens (tertiary/aromatic N) is 3. The number of carbonyl (C=O) groups is 1. The maximum atomic E-state index is 12.6. The molecule has 3 aliphatic rings. The van der Waals surface area contributed by atoms with Crippen molar-refractivity contribution in [3.63, 3.8) is 0 Å². The Labute approximate surface area is 171 Å². The van der Waals surface area contributed by atoms with Gasteiger partial charge in [0, 0.05) is 35.5 Å². The monoisotopic (exact) mass is 435 g/mol. The average molecular weight is 436 g/mol. The molecule has 27 heavy (non-hydrogen) atoms. The first kappa shape index (κ1) is 20.2. The molecule has 0 spiro atoms. The molecular weight excluding hydrogens is 406 g/mol. The number of hydrogen-bond acceptors (Lipinski definition) is 5. The van der Waals surface area contributed by atoms with Crippen LogP contribution < -0.4 is 0 Å². The Balaban J connectivity index is 1.87. The lowest BCUT2D eigenvalue weighted by atomic mass is 9.99. The average Bonchev–Trinajstić information content (AvgIpc) is 2.97. The Hall–Kier alpha value is -1.53. The van der Waals surface area contributed by atoms with Crippen LogP contribution in [0, 0.1) is 0 Å². The number of likely N-dealkylation sites (tertiary alicyclic amines) is 1. The van der Waals surface area contributed by atoms with Crippen LogP contribution in [0.3, 0.4) is 0 Å². The summed E-state index contributed by atoms with van der Waals surface area (Å²) in [5, 5.41) is 0. The Morgan fingerprint density at radius 2 is 1.96 bits per heavy atom. The SMILES string of the molecule is CC1=C(C(=O)OC(C)C)C=C2C=C(Br)CN2C1=CN1CCC(N(C)C)CC1. The number of hydrogen-bond donors (Lipinski definition) is 0. The second-order valence-corrected chi connectivity index (χ2v) is 9.00. The first-order chi connectivity index (χ1) is 12.8. The van der Waals surface area contributed by atoms with Crippen LogP contribution in [0.2, 0.25) is 0 Å². The highest BCUT2D eigenvalue weighted by molar-refractivity contribution is 9.11. The van der Waals surface area contributed by atoms with Crippen molar-refractivity contribution in [1.82, 2.24) is 14.7 Å². The van der Waals surface area contributed by atoms with E-state index in [1.807, 2.05) is 26.8 Å². The summed E-state index contributed by atoms with van der Waals surface area (Å²) < 4.78 is 6.60. The normalized spacial score (nSPS) is 22.6. The molecule has 0 aromatic heterocycles. The maximum absolute atomic E-state index is 12.6. The molecule has 0 atom stereocenters. The molecule has 5 nitrogen and oxygen atoms in total. The molecule has 0 aliphatic carbocycles. The quantitative estimate of drug-likeness (QED) is 0.630. The molecule has 1 fully saturated rings. The van der Waals surface area contributed by atoms with Crippen LogP contribution in [0.4, 0.5) is 0 Å². The summed E-state index contributed by atoms with van der Waals surface area (Å²) >= 11 is 3.62. The third-order valence-corrected chi connectivity index (χ3v) is 5.87. The molecule has 3 rings (SSSR count). The van der Waals surface area contributed by atoms with Crippen LogP contribution in [0.5, 0.6) is 0 Å². The number of allylic oxidation sites excluding steroid dienone is 2. The van der Waals surface area contributed by atoms with Gasteiger partial charge in [-0.1, -0.05) is 15.9 Å². The van der Waals surface area contributed by atoms with Gasteiger partial charge < -0.3 is 19.4 Å². The van der Waals surface area contributed by atoms with Crippen molar-refractivity contribution in [2.45, 2.75) is 45.8 Å². The molecule has 6 heteroatoms. The molecular formula is C21H30BrN3O2. The minimum absolute atomic E-state index is 0.127. The van der Waals surface area contributed by atoms with Gasteiger partial charge in [0.15, 0.2) is 0 Å². The summed E-state index contributed by atoms with van der Waals surface area (Å²) in [5.41, 5.74) is 3.77. The lowest BCUT2D eigenvalue weighted by Crippen LogP contribution is -2.40. The fourth-order valence-corrected chi connectivity index (χ4v) is 4.31. The van der Waals surface area contributed by atoms with Crippen molar-refractivity contribution in [3.05, 3.63) is 45.4 Å². The highest BCUT2D eigenvalue weighted by atomic mass is 79.9. The largest absolute Gasteiger partial charge is 0.459 e. The van der Waals surface area contributed by atoms with Gasteiger partial charge >= 0.3 is 5.97 Å². The smallest absolute Gasteiger partial charge is 0.338 e. The van der Waals surface area contributed by atoms with Gasteiger partial charge in [-0.15, -0.1) is 0 Å². The minimum Gasteiger partial charge on any atom is -0.459 e. The van der Waals surface area contributed by atoms with Crippen molar-refractivity contribution in [3.8, 4) is 0 Å². The molecule has 0 aromatic carbocycles. The number of carbonyl (C=O) groups excluding carboxylic acids is 1. The predicted molar refractivity (Wildman–Crippen MR) is 112 cm³/mol. The molecule has 0 bridgehead atoms. The Kier molecular flexibility index (Phi) is 6.16. The van der Waals surface area contributed by atoms with Gasteiger partial charge in [-0.25, -0.2) is 4.79 Å². The fraction of sp³-hybridized carbons (Fsp3) is 0.571. The molecule has 0 unspecified atom stereocenters. The van der Waals surface area contributed by atoms with Crippen LogP contribution >= 0.6 is 15.9 Å². The molecule has 0 aromatic rings. The lowest BCUT2D eigenvalue weighted by molar-refractivity contribution is -0.142. The van der Waals surface area contributed by atoms with E-state index in [2.05, 4.69) is 57.0 Å². The van der Waals surface area contributed by atoms with Gasteiger partial charge in [-0.2, -0.15) is 0 Å². The molecule has 0 N–H and O–H groups in total. The number of piperidine rings is 1. The lowest BCUT2D eigenvalue weighted by Gasteiger charge is -2.37. The predicted octanol–water partition coefficient (Wildman–Crippen LogP) is 3.61. The highest BCUT2D eigenvalue weighted by Gasteiger charge is 2.31. The van der Waals surface area contributed by atoms with E-state index < -0.39 is 0 Å². The zero-order valence-corrected chi connectivity index (χ0v) is 18.5. The summed E-state index contributed by atoms with van der Waals surface area (Å²) in [6, 6.07) is 0.650. The second kappa shape index (κ2) is 8.23. The van der Waals surface area contributed by atoms with E-state index in [1.165, 1.54) is 0 Å². The summed E-state index contributed by atoms with van der Waals surface area (Å²) in [6.45, 7) is 8.66. The Morgan fingerprint density at radius 3 is 2.56 bits per heavy atom. The number of ether oxygens (including phenoxy) is 1. The van der Waals surface area contributed by atoms with Crippen molar-refractivity contribution in [1.29, 1.82) is 0 Å². The Bertz CT molecular complexity index is 726. The molecule has 0 amide bonds. The molecule has 0 saturated carbocycles. The van der Waals surface area contributed by atoms with Gasteiger partial charge in [-0.3, -0.25) is 0 Å². The molecule has 0 radical (unpaired) electrons. The third-order valence-electron chi connectivity index (χ3n) is 5.39. The maximum Gasteiger partial charge on any atom is 0.338 e. The first-order valence-corrected chi connectivity index (χ1v) is 10.5. The van der Waals surface area contributed by atoms with E-state index in [0.29, 0.717) is 11.6 Å². The van der Waals surface area contributed by atoms with E-state index in [0.717, 1.165) is 53.9 Å². The standard InChI is InChI=1S/C21H30BrN3O2/c1-14(2)27-21(26)19-11-18-10-16(22)12-25(18)20(15(19)3)13-24-8-6-17(7-9-24)23(4)5/h10-11,13-14,17H,6-9,12H2,1-5H3. The third kappa shape index (κ3) is 4.49. The van der Waals surface area contributed by atoms with Crippen LogP contribution in [-0.2, 0) is 9.53 Å². The summed E-state index contributed by atoms with van der Waals surface area (Å²) in [7, 11) is 4.31. The van der Waals surface area contributed by atoms with E-state index in [9.17, 15) is 4.79 Å². The van der Waals surface area contributed by atoms with E-state index >= 15 is 0 Å². The number of esters is 1. The summed E-state index contributed by atoms with van der Waals surface area (Å²) in [5.74, 6) is -0.247. The first-order valence-electron chi connectivity index (χ1n) is 9.66. The van der Waals surface area contributed by atoms with Crippen LogP contribution in [0.15, 0.2) is 45.4 Å². The van der Waals surface area contributed by atoms with Crippen molar-refractivity contribution < 1.29 is 9.53 Å². The van der Waals surface area contributed by atoms with Gasteiger partial charge in [0.05, 0.1) is 23.9 Å². The van der Waals surface area contributed by atoms with Crippen molar-refractivity contribution >= 4 is 21.9 Å². The highest BCUT2D eigenvalue weighted by Crippen LogP contribution is 2.37. The molecule has 3 heterocycles. The van der Waals surface area contributed by atoms with Gasteiger partial charge in [0.1, 0.15) is 0 Å². The fourth-order valence-electron chi connectivity index (χ4n) is 3.83. The minimum atomic E-state index is -0.247. The van der Waals surface area contributed by atoms with Gasteiger partial charge in [-0.05, 0) is 65.4 Å². The molecule has 3 aliphatic heterocycles. The van der Waals surface area contributed by atoms with Gasteiger partial charge in [0.2, 0.25) is 0 Å². The molecule has 148 valence electrons. The zero-order chi connectivity index (χ0) is 19.7. The van der Waals surface area contributed by atoms with Crippen LogP contribution in [-0.4, -0.2) is 66.5 Å². The van der Waals surface area contributed by atoms with E-state index in [4.69, 9.17) is 4.74 Å². The van der Waals surface area contributed by atoms with Crippen molar-refractivity contribution in [2.24, 2.45) is 0 Å². The summed E-state index contributed by atoms with van der Waals surface area (Å²) in [4.78, 5) is 19.6. The number of fused-ring (bicyclic) bond motifs is 1. The topological polar surface area (TPSA) is 36.0 Å². The van der Waals surface area contributed by atoms with Crippen molar-refractivity contribution in [2.75, 3.05) is 33.7 Å². The van der Waals surface area contributed by atoms with Crippen LogP contribution in [0.25, 0.3) is 0 Å². The zero-order valence-electron chi connectivity index (χ0n) is 17.0. The van der Waals surface area contributed by atoms with E-state index in [1.54, 1.807) is 0 Å². The number of halogens is 1. The molecule has 1 saturated heterocycles. The summed E-state index contributed by atoms with van der Waals surface area (Å²) in [6.07, 6.45) is 8.46. The van der Waals surface area contributed by atoms with E-state index in [-0.39, 0.29) is 12.1 Å². The Morgan fingerprint density at radius 1 is 1.30 bits per heavy atom. The number of rotatable bonds is 4. The second-order valence-electron chi connectivity index (χ2n) is 7.98. The van der Waals surface area contributed by atoms with Crippen LogP contribution in [0.1, 0.15) is 33.6 Å². The van der Waals surface area contributed by atoms with Gasteiger partial charge in [0.25, 0.3) is 0 Å².